The number of halogens is 2. The SMILES string of the molecule is CC(C)CC(=O)Nc1cncc(-c2cnc3[nH]nc(-c4nc5c(-c6cc(F)cc(CNS(C)(=O)=O)c6)ccnc5[nH]4)c3c2F)c1. The third-order valence-corrected chi connectivity index (χ3v) is 7.54. The van der Waals surface area contributed by atoms with Gasteiger partial charge in [0.2, 0.25) is 15.9 Å². The molecule has 1 aromatic carbocycles. The number of nitrogens with zero attached hydrogens (tertiary/aromatic N) is 5. The van der Waals surface area contributed by atoms with Crippen LogP contribution >= 0.6 is 0 Å². The van der Waals surface area contributed by atoms with Crippen LogP contribution in [-0.4, -0.2) is 55.7 Å². The molecule has 0 radical (unpaired) electrons. The average Bonchev–Trinajstić information content (AvgIpc) is 3.60. The summed E-state index contributed by atoms with van der Waals surface area (Å²) >= 11 is 0. The maximum Gasteiger partial charge on any atom is 0.224 e. The highest BCUT2D eigenvalue weighted by molar-refractivity contribution is 7.88. The predicted molar refractivity (Wildman–Crippen MR) is 165 cm³/mol. The maximum atomic E-state index is 16.2. The molecule has 0 unspecified atom stereocenters. The molecule has 15 heteroatoms. The number of carbonyl (C=O) groups excluding carboxylic acids is 1. The van der Waals surface area contributed by atoms with Crippen molar-refractivity contribution in [1.82, 2.24) is 39.8 Å². The van der Waals surface area contributed by atoms with Gasteiger partial charge in [0.15, 0.2) is 17.1 Å². The van der Waals surface area contributed by atoms with Crippen molar-refractivity contribution in [2.75, 3.05) is 11.6 Å². The Morgan fingerprint density at radius 2 is 1.82 bits per heavy atom. The van der Waals surface area contributed by atoms with E-state index >= 15 is 4.39 Å². The first-order chi connectivity index (χ1) is 21.4. The van der Waals surface area contributed by atoms with Gasteiger partial charge < -0.3 is 10.3 Å². The Balaban J connectivity index is 1.39. The molecule has 1 amide bonds. The van der Waals surface area contributed by atoms with E-state index in [1.54, 1.807) is 18.2 Å². The Bertz CT molecular complexity index is 2200. The number of amides is 1. The Morgan fingerprint density at radius 3 is 2.60 bits per heavy atom. The Morgan fingerprint density at radius 1 is 1.00 bits per heavy atom. The van der Waals surface area contributed by atoms with Gasteiger partial charge in [0.1, 0.15) is 22.8 Å². The second-order valence-electron chi connectivity index (χ2n) is 11.0. The summed E-state index contributed by atoms with van der Waals surface area (Å²) < 4.78 is 56.2. The Kier molecular flexibility index (Phi) is 7.80. The number of nitrogens with one attached hydrogen (secondary N) is 4. The van der Waals surface area contributed by atoms with Crippen LogP contribution in [-0.2, 0) is 21.4 Å². The van der Waals surface area contributed by atoms with Crippen molar-refractivity contribution in [3.8, 4) is 33.8 Å². The van der Waals surface area contributed by atoms with Crippen molar-refractivity contribution in [3.05, 3.63) is 72.3 Å². The van der Waals surface area contributed by atoms with E-state index in [9.17, 15) is 17.6 Å². The predicted octanol–water partition coefficient (Wildman–Crippen LogP) is 4.94. The molecule has 5 aromatic heterocycles. The maximum absolute atomic E-state index is 16.2. The number of hydrogen-bond donors (Lipinski definition) is 4. The van der Waals surface area contributed by atoms with Crippen LogP contribution in [0.1, 0.15) is 25.8 Å². The van der Waals surface area contributed by atoms with Gasteiger partial charge in [-0.3, -0.25) is 14.9 Å². The molecule has 0 bridgehead atoms. The summed E-state index contributed by atoms with van der Waals surface area (Å²) in [7, 11) is -3.49. The Labute approximate surface area is 255 Å². The summed E-state index contributed by atoms with van der Waals surface area (Å²) in [6.07, 6.45) is 7.18. The van der Waals surface area contributed by atoms with E-state index in [0.717, 1.165) is 6.26 Å². The molecule has 0 aliphatic carbocycles. The van der Waals surface area contributed by atoms with Crippen LogP contribution < -0.4 is 10.0 Å². The van der Waals surface area contributed by atoms with Crippen LogP contribution in [0.3, 0.4) is 0 Å². The van der Waals surface area contributed by atoms with E-state index < -0.39 is 21.7 Å². The van der Waals surface area contributed by atoms with Gasteiger partial charge in [-0.1, -0.05) is 13.8 Å². The number of aromatic nitrogens is 7. The van der Waals surface area contributed by atoms with Crippen molar-refractivity contribution >= 4 is 43.8 Å². The topological polar surface area (TPSA) is 171 Å². The number of anilines is 1. The van der Waals surface area contributed by atoms with Gasteiger partial charge in [0.05, 0.1) is 23.5 Å². The molecule has 230 valence electrons. The number of hydrogen-bond acceptors (Lipinski definition) is 8. The molecule has 6 aromatic rings. The zero-order valence-electron chi connectivity index (χ0n) is 24.3. The third kappa shape index (κ3) is 6.39. The molecule has 0 saturated heterocycles. The van der Waals surface area contributed by atoms with Crippen molar-refractivity contribution < 1.29 is 22.0 Å². The molecule has 45 heavy (non-hydrogen) atoms. The molecule has 4 N–H and O–H groups in total. The molecular weight excluding hydrogens is 604 g/mol. The second kappa shape index (κ2) is 11.7. The van der Waals surface area contributed by atoms with E-state index in [0.29, 0.717) is 45.5 Å². The monoisotopic (exact) mass is 631 g/mol. The molecule has 0 spiro atoms. The lowest BCUT2D eigenvalue weighted by atomic mass is 10.0. The molecule has 0 fully saturated rings. The molecule has 6 rings (SSSR count). The summed E-state index contributed by atoms with van der Waals surface area (Å²) in [5.74, 6) is -0.997. The van der Waals surface area contributed by atoms with Gasteiger partial charge in [-0.05, 0) is 47.4 Å². The molecule has 0 atom stereocenters. The van der Waals surface area contributed by atoms with Crippen molar-refractivity contribution in [1.29, 1.82) is 0 Å². The normalized spacial score (nSPS) is 12.0. The van der Waals surface area contributed by atoms with Gasteiger partial charge in [0.25, 0.3) is 0 Å². The fraction of sp³-hybridized carbons (Fsp3) is 0.200. The summed E-state index contributed by atoms with van der Waals surface area (Å²) in [6, 6.07) is 7.47. The van der Waals surface area contributed by atoms with E-state index in [4.69, 9.17) is 0 Å². The zero-order valence-corrected chi connectivity index (χ0v) is 25.1. The lowest BCUT2D eigenvalue weighted by Crippen LogP contribution is -2.21. The quantitative estimate of drug-likeness (QED) is 0.174. The van der Waals surface area contributed by atoms with Crippen LogP contribution in [0.2, 0.25) is 0 Å². The standard InChI is InChI=1S/C30H27F2N9O3S/c1-15(2)6-23(42)37-20-10-18(12-33-13-20)22-14-35-28-24(25(22)32)27(40-41-28)30-38-26-21(4-5-34-29(26)39-30)17-7-16(8-19(31)9-17)11-36-45(3,43)44/h4-5,7-10,12-15,36H,6,11H2,1-3H3,(H,37,42)(H,34,38,39)(H,35,40,41). The highest BCUT2D eigenvalue weighted by Crippen LogP contribution is 2.35. The Hall–Kier alpha value is -5.15. The molecule has 0 aliphatic rings. The van der Waals surface area contributed by atoms with Crippen LogP contribution in [0, 0.1) is 17.6 Å². The fourth-order valence-electron chi connectivity index (χ4n) is 4.94. The van der Waals surface area contributed by atoms with Gasteiger partial charge in [-0.15, -0.1) is 0 Å². The highest BCUT2D eigenvalue weighted by atomic mass is 32.2. The van der Waals surface area contributed by atoms with Crippen LogP contribution in [0.15, 0.2) is 55.1 Å². The van der Waals surface area contributed by atoms with E-state index in [1.807, 2.05) is 13.8 Å². The highest BCUT2D eigenvalue weighted by Gasteiger charge is 2.22. The number of rotatable bonds is 9. The number of H-pyrrole nitrogens is 2. The smallest absolute Gasteiger partial charge is 0.224 e. The lowest BCUT2D eigenvalue weighted by molar-refractivity contribution is -0.116. The van der Waals surface area contributed by atoms with Crippen LogP contribution in [0.5, 0.6) is 0 Å². The fourth-order valence-corrected chi connectivity index (χ4v) is 5.37. The van der Waals surface area contributed by atoms with Gasteiger partial charge in [-0.2, -0.15) is 5.10 Å². The lowest BCUT2D eigenvalue weighted by Gasteiger charge is -2.09. The van der Waals surface area contributed by atoms with Crippen molar-refractivity contribution in [2.45, 2.75) is 26.8 Å². The minimum absolute atomic E-state index is 0.0715. The van der Waals surface area contributed by atoms with E-state index in [-0.39, 0.29) is 46.5 Å². The summed E-state index contributed by atoms with van der Waals surface area (Å²) in [5, 5.41) is 9.87. The van der Waals surface area contributed by atoms with E-state index in [2.05, 4.69) is 45.2 Å². The van der Waals surface area contributed by atoms with Crippen LogP contribution in [0.4, 0.5) is 14.5 Å². The minimum Gasteiger partial charge on any atom is -0.325 e. The molecular formula is C30H27F2N9O3S. The third-order valence-electron chi connectivity index (χ3n) is 6.87. The van der Waals surface area contributed by atoms with Gasteiger partial charge in [0, 0.05) is 48.2 Å². The molecule has 0 aliphatic heterocycles. The number of aromatic amines is 2. The number of fused-ring (bicyclic) bond motifs is 2. The first-order valence-corrected chi connectivity index (χ1v) is 15.7. The number of sulfonamides is 1. The minimum atomic E-state index is -3.49. The zero-order chi connectivity index (χ0) is 31.9. The van der Waals surface area contributed by atoms with Crippen LogP contribution in [0.25, 0.3) is 56.0 Å². The average molecular weight is 632 g/mol. The number of carbonyl (C=O) groups is 1. The first kappa shape index (κ1) is 29.9. The second-order valence-corrected chi connectivity index (χ2v) is 12.8. The summed E-state index contributed by atoms with van der Waals surface area (Å²) in [6.45, 7) is 3.78. The van der Waals surface area contributed by atoms with Crippen molar-refractivity contribution in [2.24, 2.45) is 5.92 Å². The van der Waals surface area contributed by atoms with Gasteiger partial charge in [-0.25, -0.2) is 36.9 Å². The van der Waals surface area contributed by atoms with Crippen molar-refractivity contribution in [3.63, 3.8) is 0 Å². The number of pyridine rings is 3. The largest absolute Gasteiger partial charge is 0.325 e. The van der Waals surface area contributed by atoms with Gasteiger partial charge >= 0.3 is 0 Å². The molecule has 0 saturated carbocycles. The summed E-state index contributed by atoms with van der Waals surface area (Å²) in [4.78, 5) is 32.8. The van der Waals surface area contributed by atoms with E-state index in [1.165, 1.54) is 36.9 Å². The first-order valence-electron chi connectivity index (χ1n) is 13.8. The summed E-state index contributed by atoms with van der Waals surface area (Å²) in [5.41, 5.74) is 3.38. The number of benzene rings is 1. The molecule has 12 nitrogen and oxygen atoms in total. The molecule has 5 heterocycles. The number of imidazole rings is 1.